The lowest BCUT2D eigenvalue weighted by Crippen LogP contribution is -2.07. The third kappa shape index (κ3) is 4.18. The van der Waals surface area contributed by atoms with Crippen LogP contribution in [0.2, 0.25) is 0 Å². The summed E-state index contributed by atoms with van der Waals surface area (Å²) in [6.07, 6.45) is 0. The van der Waals surface area contributed by atoms with E-state index in [4.69, 9.17) is 15.0 Å². The minimum atomic E-state index is 0.593. The first-order chi connectivity index (χ1) is 23.8. The highest BCUT2D eigenvalue weighted by atomic mass is 32.1. The van der Waals surface area contributed by atoms with Crippen LogP contribution in [-0.4, -0.2) is 19.5 Å². The van der Waals surface area contributed by atoms with Crippen LogP contribution in [0.25, 0.3) is 92.6 Å². The van der Waals surface area contributed by atoms with Crippen molar-refractivity contribution in [3.05, 3.63) is 158 Å². The molecule has 0 spiro atoms. The Balaban J connectivity index is 1.32. The molecule has 48 heavy (non-hydrogen) atoms. The maximum Gasteiger partial charge on any atom is 0.238 e. The molecule has 4 nitrogen and oxygen atoms in total. The van der Waals surface area contributed by atoms with Crippen molar-refractivity contribution < 1.29 is 0 Å². The van der Waals surface area contributed by atoms with E-state index >= 15 is 0 Å². The average molecular weight is 631 g/mol. The van der Waals surface area contributed by atoms with Crippen LogP contribution in [0.15, 0.2) is 158 Å². The SMILES string of the molecule is c1ccc(-c2ccccc2-c2nc(-c3cccc4sc5ccccc5c34)nc(-n3c4ccccc4c4cc5ccccc5cc43)n2)cc1. The van der Waals surface area contributed by atoms with Crippen LogP contribution in [0.4, 0.5) is 0 Å². The van der Waals surface area contributed by atoms with Crippen LogP contribution in [-0.2, 0) is 0 Å². The van der Waals surface area contributed by atoms with E-state index in [0.29, 0.717) is 17.6 Å². The fraction of sp³-hybridized carbons (Fsp3) is 0. The number of para-hydroxylation sites is 1. The van der Waals surface area contributed by atoms with E-state index in [1.807, 2.05) is 6.07 Å². The lowest BCUT2D eigenvalue weighted by atomic mass is 9.99. The summed E-state index contributed by atoms with van der Waals surface area (Å²) < 4.78 is 4.67. The zero-order valence-corrected chi connectivity index (χ0v) is 26.5. The molecular weight excluding hydrogens is 605 g/mol. The van der Waals surface area contributed by atoms with E-state index in [-0.39, 0.29) is 0 Å². The molecule has 0 aliphatic rings. The molecule has 0 saturated carbocycles. The number of benzene rings is 7. The third-order valence-corrected chi connectivity index (χ3v) is 10.4. The second kappa shape index (κ2) is 10.7. The summed E-state index contributed by atoms with van der Waals surface area (Å²) in [7, 11) is 0. The molecule has 0 unspecified atom stereocenters. The van der Waals surface area contributed by atoms with Crippen molar-refractivity contribution in [2.45, 2.75) is 0 Å². The van der Waals surface area contributed by atoms with Crippen LogP contribution in [0.1, 0.15) is 0 Å². The van der Waals surface area contributed by atoms with Gasteiger partial charge >= 0.3 is 0 Å². The standard InChI is InChI=1S/C43H26N4S/c1-2-13-27(14-3-1)30-17-6-7-19-32(30)41-44-42(34-21-12-24-39-40(34)33-20-9-11-23-38(33)48-39)46-43(45-41)47-36-22-10-8-18-31(36)35-25-28-15-4-5-16-29(28)26-37(35)47/h1-26H. The molecule has 10 rings (SSSR count). The predicted octanol–water partition coefficient (Wildman–Crippen LogP) is 11.5. The third-order valence-electron chi connectivity index (χ3n) is 9.26. The van der Waals surface area contributed by atoms with Crippen molar-refractivity contribution in [2.75, 3.05) is 0 Å². The quantitative estimate of drug-likeness (QED) is 0.194. The largest absolute Gasteiger partial charge is 0.278 e. The number of hydrogen-bond acceptors (Lipinski definition) is 4. The van der Waals surface area contributed by atoms with Crippen LogP contribution in [0.5, 0.6) is 0 Å². The number of rotatable bonds is 4. The van der Waals surface area contributed by atoms with Gasteiger partial charge in [0.15, 0.2) is 11.6 Å². The van der Waals surface area contributed by atoms with Crippen LogP contribution in [0, 0.1) is 0 Å². The normalized spacial score (nSPS) is 11.8. The molecule has 0 radical (unpaired) electrons. The van der Waals surface area contributed by atoms with Gasteiger partial charge in [-0.3, -0.25) is 4.57 Å². The highest BCUT2D eigenvalue weighted by molar-refractivity contribution is 7.25. The van der Waals surface area contributed by atoms with Gasteiger partial charge in [-0.2, -0.15) is 9.97 Å². The van der Waals surface area contributed by atoms with Crippen molar-refractivity contribution in [1.82, 2.24) is 19.5 Å². The first-order valence-corrected chi connectivity index (χ1v) is 16.9. The van der Waals surface area contributed by atoms with Gasteiger partial charge in [0.05, 0.1) is 11.0 Å². The number of hydrogen-bond donors (Lipinski definition) is 0. The van der Waals surface area contributed by atoms with E-state index in [2.05, 4.69) is 156 Å². The molecule has 0 N–H and O–H groups in total. The van der Waals surface area contributed by atoms with Crippen molar-refractivity contribution in [3.8, 4) is 39.9 Å². The molecule has 0 atom stereocenters. The maximum atomic E-state index is 5.34. The van der Waals surface area contributed by atoms with E-state index in [9.17, 15) is 0 Å². The Morgan fingerprint density at radius 1 is 0.417 bits per heavy atom. The molecule has 5 heteroatoms. The molecule has 3 aromatic heterocycles. The van der Waals surface area contributed by atoms with Crippen LogP contribution in [0.3, 0.4) is 0 Å². The molecule has 0 amide bonds. The number of aromatic nitrogens is 4. The van der Waals surface area contributed by atoms with Crippen LogP contribution >= 0.6 is 11.3 Å². The first-order valence-electron chi connectivity index (χ1n) is 16.0. The second-order valence-corrected chi connectivity index (χ2v) is 13.1. The highest BCUT2D eigenvalue weighted by Gasteiger charge is 2.21. The predicted molar refractivity (Wildman–Crippen MR) is 201 cm³/mol. The molecular formula is C43H26N4S. The van der Waals surface area contributed by atoms with Crippen molar-refractivity contribution in [2.24, 2.45) is 0 Å². The summed E-state index contributed by atoms with van der Waals surface area (Å²) in [4.78, 5) is 15.9. The monoisotopic (exact) mass is 630 g/mol. The van der Waals surface area contributed by atoms with Gasteiger partial charge in [-0.1, -0.05) is 127 Å². The fourth-order valence-corrected chi connectivity index (χ4v) is 8.22. The molecule has 3 heterocycles. The smallest absolute Gasteiger partial charge is 0.238 e. The zero-order chi connectivity index (χ0) is 31.6. The minimum absolute atomic E-state index is 0.593. The lowest BCUT2D eigenvalue weighted by molar-refractivity contribution is 0.955. The average Bonchev–Trinajstić information content (AvgIpc) is 3.69. The Bertz CT molecular complexity index is 2850. The molecule has 0 fully saturated rings. The zero-order valence-electron chi connectivity index (χ0n) is 25.7. The summed E-state index contributed by atoms with van der Waals surface area (Å²) in [5.41, 5.74) is 6.27. The first kappa shape index (κ1) is 27.0. The Hall–Kier alpha value is -6.17. The molecule has 10 aromatic rings. The number of nitrogens with zero attached hydrogens (tertiary/aromatic N) is 4. The van der Waals surface area contributed by atoms with Gasteiger partial charge in [-0.25, -0.2) is 4.98 Å². The summed E-state index contributed by atoms with van der Waals surface area (Å²) in [5.74, 6) is 1.88. The van der Waals surface area contributed by atoms with Crippen molar-refractivity contribution in [1.29, 1.82) is 0 Å². The van der Waals surface area contributed by atoms with Gasteiger partial charge in [0, 0.05) is 42.1 Å². The summed E-state index contributed by atoms with van der Waals surface area (Å²) >= 11 is 1.80. The van der Waals surface area contributed by atoms with Gasteiger partial charge < -0.3 is 0 Å². The Morgan fingerprint density at radius 2 is 1.04 bits per heavy atom. The van der Waals surface area contributed by atoms with Gasteiger partial charge in [-0.15, -0.1) is 11.3 Å². The lowest BCUT2D eigenvalue weighted by Gasteiger charge is -2.14. The maximum absolute atomic E-state index is 5.34. The minimum Gasteiger partial charge on any atom is -0.278 e. The number of fused-ring (bicyclic) bond motifs is 7. The molecule has 0 saturated heterocycles. The molecule has 224 valence electrons. The molecule has 0 aliphatic carbocycles. The van der Waals surface area contributed by atoms with Gasteiger partial charge in [0.1, 0.15) is 0 Å². The summed E-state index contributed by atoms with van der Waals surface area (Å²) in [6, 6.07) is 55.5. The van der Waals surface area contributed by atoms with E-state index in [0.717, 1.165) is 38.7 Å². The molecule has 0 aliphatic heterocycles. The highest BCUT2D eigenvalue weighted by Crippen LogP contribution is 2.41. The summed E-state index contributed by atoms with van der Waals surface area (Å²) in [6.45, 7) is 0. The Labute approximate surface area is 280 Å². The second-order valence-electron chi connectivity index (χ2n) is 12.0. The van der Waals surface area contributed by atoms with Crippen molar-refractivity contribution >= 4 is 64.1 Å². The number of thiophene rings is 1. The summed E-state index contributed by atoms with van der Waals surface area (Å²) in [5, 5.41) is 7.10. The molecule has 0 bridgehead atoms. The van der Waals surface area contributed by atoms with Crippen LogP contribution < -0.4 is 0 Å². The van der Waals surface area contributed by atoms with Gasteiger partial charge in [0.2, 0.25) is 5.95 Å². The molecule has 7 aromatic carbocycles. The van der Waals surface area contributed by atoms with Gasteiger partial charge in [0.25, 0.3) is 0 Å². The van der Waals surface area contributed by atoms with Gasteiger partial charge in [-0.05, 0) is 52.2 Å². The Morgan fingerprint density at radius 3 is 1.90 bits per heavy atom. The van der Waals surface area contributed by atoms with Crippen molar-refractivity contribution in [3.63, 3.8) is 0 Å². The topological polar surface area (TPSA) is 43.6 Å². The van der Waals surface area contributed by atoms with E-state index in [1.165, 1.54) is 36.3 Å². The fourth-order valence-electron chi connectivity index (χ4n) is 7.08. The van der Waals surface area contributed by atoms with E-state index in [1.54, 1.807) is 11.3 Å². The van der Waals surface area contributed by atoms with E-state index < -0.39 is 0 Å². The Kier molecular flexibility index (Phi) is 6.01.